The Kier molecular flexibility index (Phi) is 3.62. The topological polar surface area (TPSA) is 63.3 Å². The van der Waals surface area contributed by atoms with Crippen LogP contribution in [0.4, 0.5) is 5.00 Å². The molecule has 0 fully saturated rings. The predicted octanol–water partition coefficient (Wildman–Crippen LogP) is 4.13. The van der Waals surface area contributed by atoms with Crippen molar-refractivity contribution in [2.75, 3.05) is 5.73 Å². The van der Waals surface area contributed by atoms with E-state index in [1.807, 2.05) is 18.4 Å². The number of anilines is 1. The van der Waals surface area contributed by atoms with E-state index in [2.05, 4.69) is 26.0 Å². The number of hydrogen-bond donors (Lipinski definition) is 2. The summed E-state index contributed by atoms with van der Waals surface area (Å²) >= 11 is 1.27. The quantitative estimate of drug-likeness (QED) is 0.885. The molecule has 0 saturated carbocycles. The molecule has 0 aliphatic rings. The van der Waals surface area contributed by atoms with Crippen molar-refractivity contribution >= 4 is 22.3 Å². The zero-order chi connectivity index (χ0) is 14.2. The lowest BCUT2D eigenvalue weighted by Gasteiger charge is -2.11. The molecule has 0 amide bonds. The van der Waals surface area contributed by atoms with E-state index < -0.39 is 5.97 Å². The highest BCUT2D eigenvalue weighted by Crippen LogP contribution is 2.36. The van der Waals surface area contributed by atoms with Gasteiger partial charge in [-0.25, -0.2) is 4.79 Å². The smallest absolute Gasteiger partial charge is 0.339 e. The average molecular weight is 275 g/mol. The van der Waals surface area contributed by atoms with Crippen LogP contribution < -0.4 is 5.73 Å². The number of rotatable bonds is 3. The number of carboxylic acids is 1. The molecule has 4 heteroatoms. The van der Waals surface area contributed by atoms with Crippen LogP contribution in [0.25, 0.3) is 11.1 Å². The van der Waals surface area contributed by atoms with Gasteiger partial charge >= 0.3 is 5.97 Å². The Morgan fingerprint density at radius 3 is 2.58 bits per heavy atom. The summed E-state index contributed by atoms with van der Waals surface area (Å²) in [5.41, 5.74) is 9.91. The first-order valence-corrected chi connectivity index (χ1v) is 7.01. The summed E-state index contributed by atoms with van der Waals surface area (Å²) < 4.78 is 0. The number of nitrogens with two attached hydrogens (primary N) is 1. The zero-order valence-corrected chi connectivity index (χ0v) is 12.0. The molecule has 0 unspecified atom stereocenters. The number of carboxylic acid groups (broad SMARTS) is 1. The number of aromatic carboxylic acids is 1. The maximum Gasteiger partial charge on any atom is 0.339 e. The third-order valence-electron chi connectivity index (χ3n) is 3.25. The van der Waals surface area contributed by atoms with Gasteiger partial charge in [-0.1, -0.05) is 32.0 Å². The Hall–Kier alpha value is -1.81. The van der Waals surface area contributed by atoms with Crippen LogP contribution in [0.2, 0.25) is 0 Å². The van der Waals surface area contributed by atoms with Crippen LogP contribution in [0.1, 0.15) is 41.3 Å². The van der Waals surface area contributed by atoms with E-state index in [1.165, 1.54) is 16.9 Å². The van der Waals surface area contributed by atoms with Crippen molar-refractivity contribution in [3.05, 3.63) is 40.3 Å². The fourth-order valence-electron chi connectivity index (χ4n) is 2.08. The molecule has 0 radical (unpaired) electrons. The van der Waals surface area contributed by atoms with Gasteiger partial charge in [0.2, 0.25) is 0 Å². The maximum atomic E-state index is 11.3. The minimum Gasteiger partial charge on any atom is -0.478 e. The zero-order valence-electron chi connectivity index (χ0n) is 11.2. The van der Waals surface area contributed by atoms with Crippen LogP contribution in [0, 0.1) is 6.92 Å². The van der Waals surface area contributed by atoms with E-state index in [9.17, 15) is 9.90 Å². The fourth-order valence-corrected chi connectivity index (χ4v) is 2.89. The second-order valence-electron chi connectivity index (χ2n) is 4.92. The van der Waals surface area contributed by atoms with Gasteiger partial charge in [-0.3, -0.25) is 0 Å². The Balaban J connectivity index is 2.65. The summed E-state index contributed by atoms with van der Waals surface area (Å²) in [7, 11) is 0. The molecule has 0 bridgehead atoms. The van der Waals surface area contributed by atoms with Crippen molar-refractivity contribution in [2.24, 2.45) is 0 Å². The number of aryl methyl sites for hydroxylation is 1. The van der Waals surface area contributed by atoms with Gasteiger partial charge in [-0.2, -0.15) is 0 Å². The van der Waals surface area contributed by atoms with Crippen LogP contribution in [-0.4, -0.2) is 11.1 Å². The van der Waals surface area contributed by atoms with Crippen LogP contribution in [-0.2, 0) is 0 Å². The highest BCUT2D eigenvalue weighted by Gasteiger charge is 2.19. The SMILES string of the molecule is Cc1ccc(C(C)C)cc1-c1csc(N)c1C(=O)O. The predicted molar refractivity (Wildman–Crippen MR) is 80.0 cm³/mol. The number of hydrogen-bond acceptors (Lipinski definition) is 3. The third-order valence-corrected chi connectivity index (χ3v) is 4.06. The normalized spacial score (nSPS) is 10.9. The third kappa shape index (κ3) is 2.49. The lowest BCUT2D eigenvalue weighted by atomic mass is 9.93. The Bertz CT molecular complexity index is 629. The van der Waals surface area contributed by atoms with E-state index in [-0.39, 0.29) is 5.56 Å². The highest BCUT2D eigenvalue weighted by atomic mass is 32.1. The second kappa shape index (κ2) is 5.05. The molecule has 0 atom stereocenters. The number of nitrogen functional groups attached to an aromatic ring is 1. The van der Waals surface area contributed by atoms with Gasteiger partial charge in [0, 0.05) is 10.9 Å². The summed E-state index contributed by atoms with van der Waals surface area (Å²) in [6, 6.07) is 6.18. The molecule has 0 saturated heterocycles. The fraction of sp³-hybridized carbons (Fsp3) is 0.267. The van der Waals surface area contributed by atoms with Gasteiger partial charge < -0.3 is 10.8 Å². The highest BCUT2D eigenvalue weighted by molar-refractivity contribution is 7.14. The van der Waals surface area contributed by atoms with E-state index in [4.69, 9.17) is 5.73 Å². The first-order valence-electron chi connectivity index (χ1n) is 6.13. The lowest BCUT2D eigenvalue weighted by Crippen LogP contribution is -2.01. The molecular weight excluding hydrogens is 258 g/mol. The molecule has 100 valence electrons. The van der Waals surface area contributed by atoms with Crippen LogP contribution in [0.15, 0.2) is 23.6 Å². The summed E-state index contributed by atoms with van der Waals surface area (Å²) in [5, 5.41) is 11.5. The van der Waals surface area contributed by atoms with Crippen molar-refractivity contribution in [1.82, 2.24) is 0 Å². The molecule has 1 aromatic heterocycles. The van der Waals surface area contributed by atoms with E-state index in [1.54, 1.807) is 0 Å². The van der Waals surface area contributed by atoms with E-state index in [0.717, 1.165) is 16.7 Å². The molecule has 1 aromatic carbocycles. The summed E-state index contributed by atoms with van der Waals surface area (Å²) in [4.78, 5) is 11.3. The molecule has 0 aliphatic heterocycles. The number of thiophene rings is 1. The van der Waals surface area contributed by atoms with Crippen molar-refractivity contribution in [1.29, 1.82) is 0 Å². The molecule has 0 aliphatic carbocycles. The summed E-state index contributed by atoms with van der Waals surface area (Å²) in [6.45, 7) is 6.22. The molecule has 3 N–H and O–H groups in total. The average Bonchev–Trinajstić information content (AvgIpc) is 2.71. The molecule has 3 nitrogen and oxygen atoms in total. The van der Waals surface area contributed by atoms with Gasteiger partial charge in [0.15, 0.2) is 0 Å². The van der Waals surface area contributed by atoms with E-state index in [0.29, 0.717) is 10.9 Å². The maximum absolute atomic E-state index is 11.3. The van der Waals surface area contributed by atoms with Crippen LogP contribution in [0.3, 0.4) is 0 Å². The van der Waals surface area contributed by atoms with Crippen molar-refractivity contribution in [3.63, 3.8) is 0 Å². The molecule has 2 rings (SSSR count). The van der Waals surface area contributed by atoms with Gasteiger partial charge in [0.05, 0.1) is 0 Å². The second-order valence-corrected chi connectivity index (χ2v) is 5.83. The minimum absolute atomic E-state index is 0.217. The first-order chi connectivity index (χ1) is 8.91. The van der Waals surface area contributed by atoms with E-state index >= 15 is 0 Å². The molecule has 0 spiro atoms. The minimum atomic E-state index is -0.969. The molecule has 1 heterocycles. The molecule has 2 aromatic rings. The monoisotopic (exact) mass is 275 g/mol. The molecule has 19 heavy (non-hydrogen) atoms. The number of carbonyl (C=O) groups is 1. The summed E-state index contributed by atoms with van der Waals surface area (Å²) in [6.07, 6.45) is 0. The standard InChI is InChI=1S/C15H17NO2S/c1-8(2)10-5-4-9(3)11(6-10)12-7-19-14(16)13(12)15(17)18/h4-8H,16H2,1-3H3,(H,17,18). The molecular formula is C15H17NO2S. The largest absolute Gasteiger partial charge is 0.478 e. The Morgan fingerprint density at radius 2 is 2.00 bits per heavy atom. The Morgan fingerprint density at radius 1 is 1.32 bits per heavy atom. The lowest BCUT2D eigenvalue weighted by molar-refractivity contribution is 0.0699. The van der Waals surface area contributed by atoms with Crippen molar-refractivity contribution in [3.8, 4) is 11.1 Å². The Labute approximate surface area is 116 Å². The van der Waals surface area contributed by atoms with Crippen LogP contribution in [0.5, 0.6) is 0 Å². The van der Waals surface area contributed by atoms with Gasteiger partial charge in [0.25, 0.3) is 0 Å². The van der Waals surface area contributed by atoms with Crippen molar-refractivity contribution < 1.29 is 9.90 Å². The van der Waals surface area contributed by atoms with Gasteiger partial charge in [-0.05, 0) is 29.5 Å². The number of benzene rings is 1. The van der Waals surface area contributed by atoms with Crippen LogP contribution >= 0.6 is 11.3 Å². The summed E-state index contributed by atoms with van der Waals surface area (Å²) in [5.74, 6) is -0.563. The van der Waals surface area contributed by atoms with Crippen molar-refractivity contribution in [2.45, 2.75) is 26.7 Å². The van der Waals surface area contributed by atoms with Gasteiger partial charge in [-0.15, -0.1) is 11.3 Å². The first kappa shape index (κ1) is 13.6. The van der Waals surface area contributed by atoms with Gasteiger partial charge in [0.1, 0.15) is 10.6 Å².